The molecule has 0 aliphatic carbocycles. The maximum Gasteiger partial charge on any atom is 0.152 e. The molecule has 0 radical (unpaired) electrons. The largest absolute Gasteiger partial charge is 0.356 e. The Morgan fingerprint density at radius 1 is 1.45 bits per heavy atom. The molecule has 1 unspecified atom stereocenters. The van der Waals surface area contributed by atoms with E-state index in [-0.39, 0.29) is 17.5 Å². The summed E-state index contributed by atoms with van der Waals surface area (Å²) in [7, 11) is -0.938. The zero-order valence-corrected chi connectivity index (χ0v) is 13.2. The van der Waals surface area contributed by atoms with Crippen molar-refractivity contribution < 1.29 is 8.42 Å². The van der Waals surface area contributed by atoms with Crippen molar-refractivity contribution in [3.63, 3.8) is 0 Å². The Balaban J connectivity index is 2.06. The summed E-state index contributed by atoms with van der Waals surface area (Å²) < 4.78 is 23.1. The number of aromatic nitrogens is 1. The van der Waals surface area contributed by atoms with Gasteiger partial charge >= 0.3 is 0 Å². The SMILES string of the molecule is CC(C)NCc1cccc(N(C)C2CCS(=O)(=O)C2)n1. The van der Waals surface area contributed by atoms with E-state index >= 15 is 0 Å². The van der Waals surface area contributed by atoms with Gasteiger partial charge in [-0.05, 0) is 18.6 Å². The molecule has 0 spiro atoms. The molecule has 1 atom stereocenters. The van der Waals surface area contributed by atoms with E-state index in [4.69, 9.17) is 0 Å². The van der Waals surface area contributed by atoms with Crippen LogP contribution in [-0.4, -0.2) is 44.0 Å². The second-order valence-corrected chi connectivity index (χ2v) is 7.92. The molecule has 1 N–H and O–H groups in total. The zero-order chi connectivity index (χ0) is 14.8. The van der Waals surface area contributed by atoms with Crippen molar-refractivity contribution in [2.24, 2.45) is 0 Å². The molecular weight excluding hydrogens is 274 g/mol. The van der Waals surface area contributed by atoms with E-state index in [0.717, 1.165) is 18.1 Å². The number of pyridine rings is 1. The van der Waals surface area contributed by atoms with Gasteiger partial charge in [-0.3, -0.25) is 0 Å². The molecule has 1 aliphatic rings. The van der Waals surface area contributed by atoms with Crippen LogP contribution in [0.25, 0.3) is 0 Å². The van der Waals surface area contributed by atoms with E-state index in [9.17, 15) is 8.42 Å². The molecule has 2 heterocycles. The topological polar surface area (TPSA) is 62.3 Å². The van der Waals surface area contributed by atoms with E-state index in [1.165, 1.54) is 0 Å². The monoisotopic (exact) mass is 297 g/mol. The van der Waals surface area contributed by atoms with Crippen LogP contribution >= 0.6 is 0 Å². The smallest absolute Gasteiger partial charge is 0.152 e. The van der Waals surface area contributed by atoms with Gasteiger partial charge < -0.3 is 10.2 Å². The number of sulfone groups is 1. The van der Waals surface area contributed by atoms with Crippen LogP contribution in [0, 0.1) is 0 Å². The highest BCUT2D eigenvalue weighted by molar-refractivity contribution is 7.91. The minimum absolute atomic E-state index is 0.0424. The van der Waals surface area contributed by atoms with Gasteiger partial charge in [-0.15, -0.1) is 0 Å². The standard InChI is InChI=1S/C14H23N3O2S/c1-11(2)15-9-12-5-4-6-14(16-12)17(3)13-7-8-20(18,19)10-13/h4-6,11,13,15H,7-10H2,1-3H3. The number of hydrogen-bond acceptors (Lipinski definition) is 5. The molecule has 1 saturated heterocycles. The van der Waals surface area contributed by atoms with E-state index < -0.39 is 9.84 Å². The highest BCUT2D eigenvalue weighted by atomic mass is 32.2. The second-order valence-electron chi connectivity index (χ2n) is 5.69. The molecular formula is C14H23N3O2S. The molecule has 1 aliphatic heterocycles. The molecule has 0 bridgehead atoms. The van der Waals surface area contributed by atoms with Crippen LogP contribution in [0.1, 0.15) is 26.0 Å². The summed E-state index contributed by atoms with van der Waals surface area (Å²) in [6.07, 6.45) is 0.689. The third-order valence-corrected chi connectivity index (χ3v) is 5.35. The average molecular weight is 297 g/mol. The zero-order valence-electron chi connectivity index (χ0n) is 12.3. The first kappa shape index (κ1) is 15.3. The Morgan fingerprint density at radius 3 is 2.80 bits per heavy atom. The number of hydrogen-bond donors (Lipinski definition) is 1. The molecule has 0 amide bonds. The van der Waals surface area contributed by atoms with Crippen molar-refractivity contribution in [3.8, 4) is 0 Å². The predicted molar refractivity (Wildman–Crippen MR) is 81.7 cm³/mol. The van der Waals surface area contributed by atoms with Crippen LogP contribution in [0.3, 0.4) is 0 Å². The summed E-state index contributed by atoms with van der Waals surface area (Å²) in [5, 5.41) is 3.33. The van der Waals surface area contributed by atoms with E-state index in [0.29, 0.717) is 12.5 Å². The van der Waals surface area contributed by atoms with Crippen LogP contribution in [0.5, 0.6) is 0 Å². The molecule has 6 heteroatoms. The Hall–Kier alpha value is -1.14. The summed E-state index contributed by atoms with van der Waals surface area (Å²) >= 11 is 0. The molecule has 112 valence electrons. The van der Waals surface area contributed by atoms with Gasteiger partial charge in [-0.25, -0.2) is 13.4 Å². The van der Waals surface area contributed by atoms with Crippen molar-refractivity contribution in [2.75, 3.05) is 23.5 Å². The summed E-state index contributed by atoms with van der Waals surface area (Å²) in [6, 6.07) is 6.35. The molecule has 0 saturated carbocycles. The van der Waals surface area contributed by atoms with Crippen molar-refractivity contribution in [1.29, 1.82) is 0 Å². The van der Waals surface area contributed by atoms with Gasteiger partial charge in [0.2, 0.25) is 0 Å². The highest BCUT2D eigenvalue weighted by Crippen LogP contribution is 2.21. The van der Waals surface area contributed by atoms with Gasteiger partial charge in [0.15, 0.2) is 9.84 Å². The number of nitrogens with one attached hydrogen (secondary N) is 1. The number of nitrogens with zero attached hydrogens (tertiary/aromatic N) is 2. The predicted octanol–water partition coefficient (Wildman–Crippen LogP) is 1.20. The summed E-state index contributed by atoms with van der Waals surface area (Å²) in [4.78, 5) is 6.60. The van der Waals surface area contributed by atoms with Crippen LogP contribution < -0.4 is 10.2 Å². The van der Waals surface area contributed by atoms with Crippen LogP contribution in [0.2, 0.25) is 0 Å². The first-order valence-electron chi connectivity index (χ1n) is 7.00. The van der Waals surface area contributed by atoms with Crippen LogP contribution in [0.4, 0.5) is 5.82 Å². The summed E-state index contributed by atoms with van der Waals surface area (Å²) in [5.41, 5.74) is 0.976. The van der Waals surface area contributed by atoms with E-state index in [1.54, 1.807) is 0 Å². The van der Waals surface area contributed by atoms with Gasteiger partial charge in [0.05, 0.1) is 17.2 Å². The quantitative estimate of drug-likeness (QED) is 0.885. The lowest BCUT2D eigenvalue weighted by Crippen LogP contribution is -2.33. The first-order chi connectivity index (χ1) is 9.37. The lowest BCUT2D eigenvalue weighted by Gasteiger charge is -2.25. The van der Waals surface area contributed by atoms with E-state index in [1.807, 2.05) is 30.1 Å². The van der Waals surface area contributed by atoms with Crippen molar-refractivity contribution in [3.05, 3.63) is 23.9 Å². The molecule has 0 aromatic carbocycles. The highest BCUT2D eigenvalue weighted by Gasteiger charge is 2.31. The van der Waals surface area contributed by atoms with E-state index in [2.05, 4.69) is 24.1 Å². The van der Waals surface area contributed by atoms with Crippen molar-refractivity contribution in [2.45, 2.75) is 38.9 Å². The van der Waals surface area contributed by atoms with Gasteiger partial charge in [-0.1, -0.05) is 19.9 Å². The molecule has 1 fully saturated rings. The lowest BCUT2D eigenvalue weighted by atomic mass is 10.2. The molecule has 1 aromatic heterocycles. The first-order valence-corrected chi connectivity index (χ1v) is 8.82. The molecule has 5 nitrogen and oxygen atoms in total. The number of rotatable bonds is 5. The second kappa shape index (κ2) is 6.10. The van der Waals surface area contributed by atoms with Crippen molar-refractivity contribution in [1.82, 2.24) is 10.3 Å². The molecule has 20 heavy (non-hydrogen) atoms. The van der Waals surface area contributed by atoms with Gasteiger partial charge in [0.1, 0.15) is 5.82 Å². The van der Waals surface area contributed by atoms with Crippen LogP contribution in [0.15, 0.2) is 18.2 Å². The maximum atomic E-state index is 11.6. The maximum absolute atomic E-state index is 11.6. The minimum Gasteiger partial charge on any atom is -0.356 e. The number of anilines is 1. The van der Waals surface area contributed by atoms with Gasteiger partial charge in [-0.2, -0.15) is 0 Å². The fourth-order valence-corrected chi connectivity index (χ4v) is 4.11. The fraction of sp³-hybridized carbons (Fsp3) is 0.643. The van der Waals surface area contributed by atoms with Crippen molar-refractivity contribution >= 4 is 15.7 Å². The van der Waals surface area contributed by atoms with Gasteiger partial charge in [0, 0.05) is 25.7 Å². The third-order valence-electron chi connectivity index (χ3n) is 3.60. The summed E-state index contributed by atoms with van der Waals surface area (Å²) in [5.74, 6) is 1.37. The minimum atomic E-state index is -2.86. The Bertz CT molecular complexity index is 557. The Morgan fingerprint density at radius 2 is 2.20 bits per heavy atom. The molecule has 2 rings (SSSR count). The van der Waals surface area contributed by atoms with Gasteiger partial charge in [0.25, 0.3) is 0 Å². The van der Waals surface area contributed by atoms with Crippen LogP contribution in [-0.2, 0) is 16.4 Å². The Labute approximate surface area is 121 Å². The summed E-state index contributed by atoms with van der Waals surface area (Å²) in [6.45, 7) is 4.92. The third kappa shape index (κ3) is 3.93. The lowest BCUT2D eigenvalue weighted by molar-refractivity contribution is 0.580. The average Bonchev–Trinajstić information content (AvgIpc) is 2.76. The Kier molecular flexibility index (Phi) is 4.65. The fourth-order valence-electron chi connectivity index (χ4n) is 2.34. The normalized spacial score (nSPS) is 21.3. The molecule has 1 aromatic rings.